The molecule has 0 fully saturated rings. The number of hydrogen-bond acceptors (Lipinski definition) is 5. The predicted molar refractivity (Wildman–Crippen MR) is 117 cm³/mol. The van der Waals surface area contributed by atoms with E-state index in [0.29, 0.717) is 23.5 Å². The number of anilines is 1. The minimum atomic E-state index is -0.699. The first-order valence-electron chi connectivity index (χ1n) is 9.54. The van der Waals surface area contributed by atoms with Gasteiger partial charge in [-0.1, -0.05) is 30.3 Å². The maximum Gasteiger partial charge on any atom is 0.340 e. The molecule has 1 aromatic heterocycles. The molecule has 0 aliphatic heterocycles. The fourth-order valence-corrected chi connectivity index (χ4v) is 3.57. The van der Waals surface area contributed by atoms with E-state index < -0.39 is 18.5 Å². The Bertz CT molecular complexity index is 1050. The van der Waals surface area contributed by atoms with E-state index in [9.17, 15) is 18.8 Å². The van der Waals surface area contributed by atoms with Crippen molar-refractivity contribution >= 4 is 34.8 Å². The minimum absolute atomic E-state index is 0.189. The number of carbonyl (C=O) groups excluding carboxylic acids is 3. The molecule has 0 radical (unpaired) electrons. The van der Waals surface area contributed by atoms with Crippen LogP contribution in [0.15, 0.2) is 66.0 Å². The van der Waals surface area contributed by atoms with E-state index in [1.54, 1.807) is 61.0 Å². The van der Waals surface area contributed by atoms with Crippen LogP contribution in [0.1, 0.15) is 25.6 Å². The molecular formula is C23H21FN2O4S. The van der Waals surface area contributed by atoms with Crippen LogP contribution in [0.4, 0.5) is 10.1 Å². The first-order valence-corrected chi connectivity index (χ1v) is 10.4. The van der Waals surface area contributed by atoms with Crippen LogP contribution in [0.5, 0.6) is 0 Å². The summed E-state index contributed by atoms with van der Waals surface area (Å²) in [4.78, 5) is 39.1. The van der Waals surface area contributed by atoms with E-state index in [1.165, 1.54) is 28.4 Å². The number of halogens is 1. The summed E-state index contributed by atoms with van der Waals surface area (Å²) in [5.74, 6) is -1.71. The van der Waals surface area contributed by atoms with Gasteiger partial charge in [0.15, 0.2) is 6.61 Å². The molecule has 2 amide bonds. The molecular weight excluding hydrogens is 419 g/mol. The normalized spacial score (nSPS) is 10.4. The van der Waals surface area contributed by atoms with Crippen LogP contribution in [-0.4, -0.2) is 38.0 Å². The van der Waals surface area contributed by atoms with Crippen molar-refractivity contribution < 1.29 is 23.5 Å². The third kappa shape index (κ3) is 5.99. The molecule has 160 valence electrons. The van der Waals surface area contributed by atoms with E-state index in [-0.39, 0.29) is 17.3 Å². The van der Waals surface area contributed by atoms with E-state index >= 15 is 0 Å². The summed E-state index contributed by atoms with van der Waals surface area (Å²) in [5, 5.41) is 4.46. The summed E-state index contributed by atoms with van der Waals surface area (Å²) >= 11 is 1.31. The van der Waals surface area contributed by atoms with Gasteiger partial charge in [0, 0.05) is 13.6 Å². The van der Waals surface area contributed by atoms with Gasteiger partial charge >= 0.3 is 5.97 Å². The Hall–Kier alpha value is -3.52. The van der Waals surface area contributed by atoms with Gasteiger partial charge in [0.2, 0.25) is 0 Å². The zero-order valence-corrected chi connectivity index (χ0v) is 17.7. The van der Waals surface area contributed by atoms with Crippen molar-refractivity contribution in [3.05, 3.63) is 87.9 Å². The van der Waals surface area contributed by atoms with Crippen LogP contribution in [0.2, 0.25) is 0 Å². The lowest BCUT2D eigenvalue weighted by molar-refractivity contribution is -0.124. The highest BCUT2D eigenvalue weighted by atomic mass is 32.1. The van der Waals surface area contributed by atoms with Gasteiger partial charge in [0.25, 0.3) is 11.8 Å². The van der Waals surface area contributed by atoms with Crippen molar-refractivity contribution in [2.75, 3.05) is 25.1 Å². The van der Waals surface area contributed by atoms with E-state index in [0.717, 1.165) is 5.56 Å². The van der Waals surface area contributed by atoms with Crippen LogP contribution in [0.3, 0.4) is 0 Å². The third-order valence-electron chi connectivity index (χ3n) is 4.51. The molecule has 0 saturated heterocycles. The van der Waals surface area contributed by atoms with Gasteiger partial charge in [-0.3, -0.25) is 9.59 Å². The average molecular weight is 440 g/mol. The van der Waals surface area contributed by atoms with Gasteiger partial charge in [-0.05, 0) is 47.7 Å². The second kappa shape index (κ2) is 10.5. The lowest BCUT2D eigenvalue weighted by Gasteiger charge is -2.19. The second-order valence-electron chi connectivity index (χ2n) is 6.66. The van der Waals surface area contributed by atoms with Gasteiger partial charge in [0.05, 0.1) is 16.1 Å². The fraction of sp³-hybridized carbons (Fsp3) is 0.174. The summed E-state index contributed by atoms with van der Waals surface area (Å²) in [6, 6.07) is 16.1. The predicted octanol–water partition coefficient (Wildman–Crippen LogP) is 3.68. The molecule has 0 aliphatic rings. The Balaban J connectivity index is 1.54. The van der Waals surface area contributed by atoms with Crippen LogP contribution >= 0.6 is 11.3 Å². The molecule has 2 aromatic carbocycles. The first kappa shape index (κ1) is 22.2. The smallest absolute Gasteiger partial charge is 0.340 e. The lowest BCUT2D eigenvalue weighted by atomic mass is 10.1. The highest BCUT2D eigenvalue weighted by molar-refractivity contribution is 7.12. The van der Waals surface area contributed by atoms with Crippen molar-refractivity contribution in [3.63, 3.8) is 0 Å². The number of nitrogens with one attached hydrogen (secondary N) is 1. The third-order valence-corrected chi connectivity index (χ3v) is 5.36. The molecule has 0 atom stereocenters. The molecule has 0 unspecified atom stereocenters. The number of thiophene rings is 1. The Labute approximate surface area is 183 Å². The fourth-order valence-electron chi connectivity index (χ4n) is 2.87. The highest BCUT2D eigenvalue weighted by Crippen LogP contribution is 2.23. The van der Waals surface area contributed by atoms with Crippen LogP contribution in [0.25, 0.3) is 0 Å². The molecule has 0 aliphatic carbocycles. The zero-order chi connectivity index (χ0) is 22.2. The van der Waals surface area contributed by atoms with E-state index in [2.05, 4.69) is 5.32 Å². The van der Waals surface area contributed by atoms with Crippen LogP contribution < -0.4 is 10.2 Å². The Morgan fingerprint density at radius 2 is 1.77 bits per heavy atom. The van der Waals surface area contributed by atoms with Crippen molar-refractivity contribution in [3.8, 4) is 0 Å². The largest absolute Gasteiger partial charge is 0.452 e. The van der Waals surface area contributed by atoms with E-state index in [1.807, 2.05) is 0 Å². The number of amides is 2. The molecule has 31 heavy (non-hydrogen) atoms. The van der Waals surface area contributed by atoms with Crippen molar-refractivity contribution in [2.24, 2.45) is 0 Å². The molecule has 0 bridgehead atoms. The van der Waals surface area contributed by atoms with Crippen molar-refractivity contribution in [2.45, 2.75) is 6.42 Å². The zero-order valence-electron chi connectivity index (χ0n) is 16.8. The van der Waals surface area contributed by atoms with Gasteiger partial charge in [-0.15, -0.1) is 11.3 Å². The standard InChI is InChI=1S/C23H21FN2O4S/c1-26(22(28)20-7-4-14-31-20)19-6-3-2-5-18(19)23(29)30-15-21(27)25-13-12-16-8-10-17(24)11-9-16/h2-11,14H,12-13,15H2,1H3,(H,25,27). The molecule has 6 nitrogen and oxygen atoms in total. The lowest BCUT2D eigenvalue weighted by Crippen LogP contribution is -2.31. The number of esters is 1. The summed E-state index contributed by atoms with van der Waals surface area (Å²) < 4.78 is 18.0. The average Bonchev–Trinajstić information content (AvgIpc) is 3.33. The SMILES string of the molecule is CN(C(=O)c1cccs1)c1ccccc1C(=O)OCC(=O)NCCc1ccc(F)cc1. The molecule has 0 saturated carbocycles. The van der Waals surface area contributed by atoms with Crippen LogP contribution in [-0.2, 0) is 16.0 Å². The number of hydrogen-bond donors (Lipinski definition) is 1. The maximum atomic E-state index is 12.9. The van der Waals surface area contributed by atoms with Crippen LogP contribution in [0, 0.1) is 5.82 Å². The summed E-state index contributed by atoms with van der Waals surface area (Å²) in [6.07, 6.45) is 0.526. The maximum absolute atomic E-state index is 12.9. The Kier molecular flexibility index (Phi) is 7.50. The topological polar surface area (TPSA) is 75.7 Å². The molecule has 3 rings (SSSR count). The monoisotopic (exact) mass is 440 g/mol. The number of rotatable bonds is 8. The molecule has 1 heterocycles. The summed E-state index contributed by atoms with van der Waals surface area (Å²) in [5.41, 5.74) is 1.46. The van der Waals surface area contributed by atoms with Crippen molar-refractivity contribution in [1.29, 1.82) is 0 Å². The highest BCUT2D eigenvalue weighted by Gasteiger charge is 2.21. The molecule has 8 heteroatoms. The summed E-state index contributed by atoms with van der Waals surface area (Å²) in [7, 11) is 1.58. The van der Waals surface area contributed by atoms with Gasteiger partial charge < -0.3 is 15.0 Å². The quantitative estimate of drug-likeness (QED) is 0.542. The van der Waals surface area contributed by atoms with E-state index in [4.69, 9.17) is 4.74 Å². The Morgan fingerprint density at radius 1 is 1.03 bits per heavy atom. The second-order valence-corrected chi connectivity index (χ2v) is 7.61. The van der Waals surface area contributed by atoms with Crippen molar-refractivity contribution in [1.82, 2.24) is 5.32 Å². The van der Waals surface area contributed by atoms with Gasteiger partial charge in [-0.25, -0.2) is 9.18 Å². The number of para-hydroxylation sites is 1. The summed E-state index contributed by atoms with van der Waals surface area (Å²) in [6.45, 7) is -0.115. The number of ether oxygens (including phenoxy) is 1. The Morgan fingerprint density at radius 3 is 2.48 bits per heavy atom. The minimum Gasteiger partial charge on any atom is -0.452 e. The number of nitrogens with zero attached hydrogens (tertiary/aromatic N) is 1. The number of benzene rings is 2. The molecule has 3 aromatic rings. The van der Waals surface area contributed by atoms with Gasteiger partial charge in [-0.2, -0.15) is 0 Å². The number of carbonyl (C=O) groups is 3. The molecule has 0 spiro atoms. The van der Waals surface area contributed by atoms with Gasteiger partial charge in [0.1, 0.15) is 5.82 Å². The molecule has 1 N–H and O–H groups in total. The first-order chi connectivity index (χ1) is 15.0.